The van der Waals surface area contributed by atoms with Gasteiger partial charge in [0, 0.05) is 6.20 Å². The third kappa shape index (κ3) is 0.752. The third-order valence-electron chi connectivity index (χ3n) is 1.95. The summed E-state index contributed by atoms with van der Waals surface area (Å²) in [6.07, 6.45) is 3.46. The Morgan fingerprint density at radius 1 is 1.31 bits per heavy atom. The molecule has 0 aliphatic carbocycles. The molecule has 1 aliphatic heterocycles. The van der Waals surface area contributed by atoms with E-state index >= 15 is 0 Å². The molecule has 3 heterocycles. The van der Waals surface area contributed by atoms with Crippen LogP contribution in [0.15, 0.2) is 34.6 Å². The van der Waals surface area contributed by atoms with Gasteiger partial charge in [-0.2, -0.15) is 9.98 Å². The molecule has 2 amide bonds. The van der Waals surface area contributed by atoms with Crippen LogP contribution in [-0.2, 0) is 0 Å². The van der Waals surface area contributed by atoms with E-state index in [1.165, 1.54) is 0 Å². The van der Waals surface area contributed by atoms with E-state index < -0.39 is 6.03 Å². The highest BCUT2D eigenvalue weighted by molar-refractivity contribution is 5.78. The molecule has 0 N–H and O–H groups in total. The highest BCUT2D eigenvalue weighted by atomic mass is 16.2. The number of nitrogens with zero attached hydrogens (tertiary/aromatic N) is 4. The van der Waals surface area contributed by atoms with Gasteiger partial charge in [-0.1, -0.05) is 0 Å². The average molecular weight is 172 g/mol. The average Bonchev–Trinajstić information content (AvgIpc) is 2.65. The molecular weight excluding hydrogens is 168 g/mol. The number of urea groups is 1. The largest absolute Gasteiger partial charge is 0.369 e. The molecule has 62 valence electrons. The van der Waals surface area contributed by atoms with Crippen LogP contribution in [0.5, 0.6) is 0 Å². The number of hydrogen-bond donors (Lipinski definition) is 0. The van der Waals surface area contributed by atoms with E-state index in [0.29, 0.717) is 10.8 Å². The van der Waals surface area contributed by atoms with Gasteiger partial charge in [-0.25, -0.2) is 9.78 Å². The highest BCUT2D eigenvalue weighted by Gasteiger charge is 2.08. The van der Waals surface area contributed by atoms with Gasteiger partial charge in [0.1, 0.15) is 11.7 Å². The molecule has 0 radical (unpaired) electrons. The minimum Gasteiger partial charge on any atom is -0.305 e. The van der Waals surface area contributed by atoms with E-state index in [0.717, 1.165) is 5.52 Å². The van der Waals surface area contributed by atoms with Crippen molar-refractivity contribution in [1.29, 1.82) is 0 Å². The van der Waals surface area contributed by atoms with Crippen LogP contribution in [0.1, 0.15) is 0 Å². The standard InChI is InChI=1S/C8H4N4O/c13-8-10-6-5-2-1-3-12(5)4-9-7(6)11-8/h1-4H. The molecule has 13 heavy (non-hydrogen) atoms. The maximum Gasteiger partial charge on any atom is 0.369 e. The van der Waals surface area contributed by atoms with Crippen molar-refractivity contribution in [1.82, 2.24) is 9.38 Å². The third-order valence-corrected chi connectivity index (χ3v) is 1.95. The lowest BCUT2D eigenvalue weighted by Gasteiger charge is -1.89. The Kier molecular flexibility index (Phi) is 0.999. The number of fused-ring (bicyclic) bond motifs is 3. The van der Waals surface area contributed by atoms with Crippen LogP contribution in [0.2, 0.25) is 0 Å². The van der Waals surface area contributed by atoms with Gasteiger partial charge in [0.15, 0.2) is 5.49 Å². The lowest BCUT2D eigenvalue weighted by molar-refractivity contribution is 0.256. The summed E-state index contributed by atoms with van der Waals surface area (Å²) in [6, 6.07) is 3.27. The Morgan fingerprint density at radius 2 is 2.23 bits per heavy atom. The number of carbonyl (C=O) groups is 1. The molecule has 0 aromatic carbocycles. The molecule has 2 aromatic heterocycles. The zero-order valence-corrected chi connectivity index (χ0v) is 6.51. The Morgan fingerprint density at radius 3 is 3.15 bits per heavy atom. The molecule has 0 atom stereocenters. The zero-order valence-electron chi connectivity index (χ0n) is 6.51. The van der Waals surface area contributed by atoms with Gasteiger partial charge >= 0.3 is 6.03 Å². The van der Waals surface area contributed by atoms with E-state index in [9.17, 15) is 4.79 Å². The summed E-state index contributed by atoms with van der Waals surface area (Å²) in [5.74, 6) is 0. The van der Waals surface area contributed by atoms with Crippen molar-refractivity contribution in [2.75, 3.05) is 0 Å². The molecular formula is C8H4N4O. The van der Waals surface area contributed by atoms with Crippen molar-refractivity contribution in [3.63, 3.8) is 0 Å². The molecule has 0 fully saturated rings. The van der Waals surface area contributed by atoms with Gasteiger partial charge in [-0.3, -0.25) is 0 Å². The van der Waals surface area contributed by atoms with Crippen molar-refractivity contribution in [3.05, 3.63) is 35.5 Å². The first-order chi connectivity index (χ1) is 6.34. The smallest absolute Gasteiger partial charge is 0.305 e. The van der Waals surface area contributed by atoms with Crippen molar-refractivity contribution >= 4 is 11.5 Å². The lowest BCUT2D eigenvalue weighted by atomic mass is 10.4. The van der Waals surface area contributed by atoms with Crippen molar-refractivity contribution < 1.29 is 4.79 Å². The number of amides is 2. The molecule has 1 aliphatic rings. The highest BCUT2D eigenvalue weighted by Crippen LogP contribution is 1.95. The number of rotatable bonds is 0. The summed E-state index contributed by atoms with van der Waals surface area (Å²) in [6.45, 7) is 0. The summed E-state index contributed by atoms with van der Waals surface area (Å²) in [4.78, 5) is 22.3. The van der Waals surface area contributed by atoms with Gasteiger partial charge in [0.2, 0.25) is 0 Å². The second kappa shape index (κ2) is 2.01. The SMILES string of the molecule is O=C1N=c2ncn3cccc3c2=N1. The quantitative estimate of drug-likeness (QED) is 0.548. The topological polar surface area (TPSA) is 59.1 Å². The first-order valence-electron chi connectivity index (χ1n) is 3.78. The van der Waals surface area contributed by atoms with E-state index in [1.54, 1.807) is 10.7 Å². The summed E-state index contributed by atoms with van der Waals surface area (Å²) in [5.41, 5.74) is 1.27. The van der Waals surface area contributed by atoms with E-state index in [-0.39, 0.29) is 0 Å². The monoisotopic (exact) mass is 172 g/mol. The van der Waals surface area contributed by atoms with Gasteiger partial charge in [0.05, 0.1) is 5.52 Å². The summed E-state index contributed by atoms with van der Waals surface area (Å²) < 4.78 is 1.80. The second-order valence-corrected chi connectivity index (χ2v) is 2.72. The zero-order chi connectivity index (χ0) is 8.84. The normalized spacial score (nSPS) is 14.0. The Bertz CT molecular complexity index is 625. The molecule has 3 rings (SSSR count). The maximum absolute atomic E-state index is 10.9. The van der Waals surface area contributed by atoms with Crippen LogP contribution < -0.4 is 10.8 Å². The van der Waals surface area contributed by atoms with Gasteiger partial charge in [-0.05, 0) is 12.1 Å². The number of hydrogen-bond acceptors (Lipinski definition) is 2. The van der Waals surface area contributed by atoms with Gasteiger partial charge < -0.3 is 4.40 Å². The Balaban J connectivity index is 2.69. The summed E-state index contributed by atoms with van der Waals surface area (Å²) >= 11 is 0. The van der Waals surface area contributed by atoms with Crippen LogP contribution >= 0.6 is 0 Å². The molecule has 5 nitrogen and oxygen atoms in total. The van der Waals surface area contributed by atoms with E-state index in [2.05, 4.69) is 15.0 Å². The van der Waals surface area contributed by atoms with E-state index in [4.69, 9.17) is 0 Å². The fraction of sp³-hybridized carbons (Fsp3) is 0. The first-order valence-corrected chi connectivity index (χ1v) is 3.78. The van der Waals surface area contributed by atoms with Crippen LogP contribution in [0.3, 0.4) is 0 Å². The van der Waals surface area contributed by atoms with Gasteiger partial charge in [-0.15, -0.1) is 0 Å². The lowest BCUT2D eigenvalue weighted by Crippen LogP contribution is -2.27. The minimum absolute atomic E-state index is 0.413. The predicted octanol–water partition coefficient (Wildman–Crippen LogP) is -0.293. The van der Waals surface area contributed by atoms with Gasteiger partial charge in [0.25, 0.3) is 0 Å². The number of carbonyl (C=O) groups excluding carboxylic acids is 1. The molecule has 0 spiro atoms. The number of aromatic nitrogens is 2. The summed E-state index contributed by atoms with van der Waals surface area (Å²) in [5, 5.41) is 0.567. The Labute approximate surface area is 72.1 Å². The van der Waals surface area contributed by atoms with Crippen molar-refractivity contribution in [2.24, 2.45) is 9.98 Å². The first kappa shape index (κ1) is 6.47. The molecule has 0 saturated heterocycles. The molecule has 5 heteroatoms. The second-order valence-electron chi connectivity index (χ2n) is 2.72. The van der Waals surface area contributed by atoms with Crippen molar-refractivity contribution in [3.8, 4) is 0 Å². The van der Waals surface area contributed by atoms with Crippen molar-refractivity contribution in [2.45, 2.75) is 0 Å². The molecule has 0 saturated carbocycles. The van der Waals surface area contributed by atoms with Crippen LogP contribution in [-0.4, -0.2) is 15.4 Å². The van der Waals surface area contributed by atoms with Crippen LogP contribution in [0.4, 0.5) is 4.79 Å². The van der Waals surface area contributed by atoms with E-state index in [1.807, 2.05) is 18.3 Å². The van der Waals surface area contributed by atoms with Crippen LogP contribution in [0.25, 0.3) is 5.52 Å². The molecule has 2 aromatic rings. The minimum atomic E-state index is -0.475. The maximum atomic E-state index is 10.9. The summed E-state index contributed by atoms with van der Waals surface area (Å²) in [7, 11) is 0. The predicted molar refractivity (Wildman–Crippen MR) is 42.9 cm³/mol. The molecule has 0 bridgehead atoms. The van der Waals surface area contributed by atoms with Crippen LogP contribution in [0, 0.1) is 0 Å². The molecule has 0 unspecified atom stereocenters. The fourth-order valence-electron chi connectivity index (χ4n) is 1.39. The Hall–Kier alpha value is -2.04. The fourth-order valence-corrected chi connectivity index (χ4v) is 1.39.